The number of nitrogens with one attached hydrogen (secondary N) is 1. The lowest BCUT2D eigenvalue weighted by molar-refractivity contribution is 0.197. The maximum Gasteiger partial charge on any atom is 0.120 e. The van der Waals surface area contributed by atoms with Crippen molar-refractivity contribution in [1.29, 1.82) is 0 Å². The Morgan fingerprint density at radius 3 is 2.92 bits per heavy atom. The van der Waals surface area contributed by atoms with Gasteiger partial charge in [-0.1, -0.05) is 48.0 Å². The second-order valence-corrected chi connectivity index (χ2v) is 7.27. The fraction of sp³-hybridized carbons (Fsp3) is 0.318. The van der Waals surface area contributed by atoms with E-state index in [1.54, 1.807) is 6.07 Å². The third kappa shape index (κ3) is 3.51. The Kier molecular flexibility index (Phi) is 4.76. The number of phenols is 1. The zero-order valence-electron chi connectivity index (χ0n) is 15.2. The summed E-state index contributed by atoms with van der Waals surface area (Å²) in [5.74, 6) is 0.823. The molecular formula is C22H25N3O. The van der Waals surface area contributed by atoms with Crippen LogP contribution in [0, 0.1) is 6.92 Å². The molecule has 2 N–H and O–H groups in total. The van der Waals surface area contributed by atoms with Crippen molar-refractivity contribution in [2.75, 3.05) is 13.1 Å². The van der Waals surface area contributed by atoms with E-state index in [1.165, 1.54) is 22.4 Å². The summed E-state index contributed by atoms with van der Waals surface area (Å²) in [5, 5.41) is 17.7. The van der Waals surface area contributed by atoms with Crippen LogP contribution in [0.15, 0.2) is 54.7 Å². The van der Waals surface area contributed by atoms with Gasteiger partial charge in [-0.05, 0) is 37.9 Å². The number of phenolic OH excluding ortho intramolecular Hbond substituents is 1. The van der Waals surface area contributed by atoms with Crippen molar-refractivity contribution in [3.05, 3.63) is 71.5 Å². The Morgan fingerprint density at radius 1 is 1.19 bits per heavy atom. The monoisotopic (exact) mass is 347 g/mol. The highest BCUT2D eigenvalue weighted by molar-refractivity contribution is 5.66. The number of aromatic amines is 1. The van der Waals surface area contributed by atoms with E-state index in [9.17, 15) is 5.11 Å². The number of aromatic hydroxyl groups is 1. The van der Waals surface area contributed by atoms with Crippen LogP contribution in [0.3, 0.4) is 0 Å². The maximum absolute atomic E-state index is 10.1. The van der Waals surface area contributed by atoms with Gasteiger partial charge < -0.3 is 5.11 Å². The van der Waals surface area contributed by atoms with E-state index in [2.05, 4.69) is 46.3 Å². The van der Waals surface area contributed by atoms with Crippen molar-refractivity contribution in [1.82, 2.24) is 15.1 Å². The first-order valence-electron chi connectivity index (χ1n) is 9.30. The summed E-state index contributed by atoms with van der Waals surface area (Å²) < 4.78 is 0. The number of rotatable bonds is 4. The summed E-state index contributed by atoms with van der Waals surface area (Å²) in [6.07, 6.45) is 4.27. The molecule has 0 spiro atoms. The van der Waals surface area contributed by atoms with Crippen LogP contribution < -0.4 is 0 Å². The molecule has 0 amide bonds. The van der Waals surface area contributed by atoms with Gasteiger partial charge in [-0.25, -0.2) is 0 Å². The third-order valence-electron chi connectivity index (χ3n) is 5.30. The topological polar surface area (TPSA) is 52.2 Å². The van der Waals surface area contributed by atoms with Gasteiger partial charge in [0.25, 0.3) is 0 Å². The maximum atomic E-state index is 10.1. The van der Waals surface area contributed by atoms with E-state index in [-0.39, 0.29) is 0 Å². The van der Waals surface area contributed by atoms with Crippen LogP contribution in [-0.4, -0.2) is 33.3 Å². The summed E-state index contributed by atoms with van der Waals surface area (Å²) in [5.41, 5.74) is 5.93. The molecule has 134 valence electrons. The highest BCUT2D eigenvalue weighted by Crippen LogP contribution is 2.34. The third-order valence-corrected chi connectivity index (χ3v) is 5.30. The van der Waals surface area contributed by atoms with Crippen LogP contribution in [0.25, 0.3) is 11.1 Å². The van der Waals surface area contributed by atoms with Crippen LogP contribution in [0.2, 0.25) is 0 Å². The van der Waals surface area contributed by atoms with E-state index in [1.807, 2.05) is 24.4 Å². The summed E-state index contributed by atoms with van der Waals surface area (Å²) in [6.45, 7) is 4.96. The SMILES string of the molecule is Cc1cccc(-c2cn[nH]c2C2CCCN(Cc3ccccc3O)C2)c1. The van der Waals surface area contributed by atoms with E-state index >= 15 is 0 Å². The molecule has 1 aliphatic heterocycles. The van der Waals surface area contributed by atoms with Gasteiger partial charge >= 0.3 is 0 Å². The number of aromatic nitrogens is 2. The number of aryl methyl sites for hydroxylation is 1. The molecule has 1 unspecified atom stereocenters. The largest absolute Gasteiger partial charge is 0.508 e. The minimum absolute atomic E-state index is 0.386. The lowest BCUT2D eigenvalue weighted by Gasteiger charge is -2.32. The van der Waals surface area contributed by atoms with E-state index < -0.39 is 0 Å². The molecular weight excluding hydrogens is 322 g/mol. The molecule has 2 heterocycles. The fourth-order valence-electron chi connectivity index (χ4n) is 3.97. The summed E-state index contributed by atoms with van der Waals surface area (Å²) in [4.78, 5) is 2.43. The van der Waals surface area contributed by atoms with Crippen LogP contribution in [0.4, 0.5) is 0 Å². The quantitative estimate of drug-likeness (QED) is 0.732. The van der Waals surface area contributed by atoms with Crippen LogP contribution in [0.5, 0.6) is 5.75 Å². The fourth-order valence-corrected chi connectivity index (χ4v) is 3.97. The number of hydrogen-bond acceptors (Lipinski definition) is 3. The first-order chi connectivity index (χ1) is 12.7. The Hall–Kier alpha value is -2.59. The Labute approximate surface area is 154 Å². The minimum atomic E-state index is 0.386. The first kappa shape index (κ1) is 16.9. The molecule has 2 aromatic carbocycles. The number of benzene rings is 2. The molecule has 0 saturated carbocycles. The molecule has 1 fully saturated rings. The van der Waals surface area contributed by atoms with Crippen molar-refractivity contribution >= 4 is 0 Å². The van der Waals surface area contributed by atoms with Gasteiger partial charge in [-0.3, -0.25) is 10.00 Å². The normalized spacial score (nSPS) is 18.1. The number of hydrogen-bond donors (Lipinski definition) is 2. The standard InChI is InChI=1S/C22H25N3O/c1-16-6-4-8-17(12-16)20-13-23-24-22(20)19-9-5-11-25(15-19)14-18-7-2-3-10-21(18)26/h2-4,6-8,10,12-13,19,26H,5,9,11,14-15H2,1H3,(H,23,24). The predicted octanol–water partition coefficient (Wildman–Crippen LogP) is 4.47. The lowest BCUT2D eigenvalue weighted by atomic mass is 9.90. The lowest BCUT2D eigenvalue weighted by Crippen LogP contribution is -2.34. The van der Waals surface area contributed by atoms with Crippen LogP contribution in [-0.2, 0) is 6.54 Å². The number of para-hydroxylation sites is 1. The molecule has 4 nitrogen and oxygen atoms in total. The highest BCUT2D eigenvalue weighted by Gasteiger charge is 2.25. The zero-order chi connectivity index (χ0) is 17.9. The van der Waals surface area contributed by atoms with E-state index in [0.717, 1.165) is 38.0 Å². The molecule has 3 aromatic rings. The van der Waals surface area contributed by atoms with Crippen molar-refractivity contribution in [3.63, 3.8) is 0 Å². The van der Waals surface area contributed by atoms with Crippen molar-refractivity contribution in [2.45, 2.75) is 32.2 Å². The van der Waals surface area contributed by atoms with Crippen LogP contribution >= 0.6 is 0 Å². The molecule has 4 rings (SSSR count). The summed E-state index contributed by atoms with van der Waals surface area (Å²) >= 11 is 0. The van der Waals surface area contributed by atoms with E-state index in [4.69, 9.17) is 0 Å². The van der Waals surface area contributed by atoms with Crippen molar-refractivity contribution in [2.24, 2.45) is 0 Å². The molecule has 26 heavy (non-hydrogen) atoms. The Balaban J connectivity index is 1.54. The smallest absolute Gasteiger partial charge is 0.120 e. The van der Waals surface area contributed by atoms with E-state index in [0.29, 0.717) is 11.7 Å². The van der Waals surface area contributed by atoms with Gasteiger partial charge in [0.1, 0.15) is 5.75 Å². The van der Waals surface area contributed by atoms with Gasteiger partial charge in [0, 0.05) is 35.8 Å². The number of piperidine rings is 1. The molecule has 4 heteroatoms. The van der Waals surface area contributed by atoms with Crippen molar-refractivity contribution in [3.8, 4) is 16.9 Å². The Bertz CT molecular complexity index is 886. The van der Waals surface area contributed by atoms with Gasteiger partial charge in [0.2, 0.25) is 0 Å². The number of H-pyrrole nitrogens is 1. The van der Waals surface area contributed by atoms with Gasteiger partial charge in [0.05, 0.1) is 6.20 Å². The average molecular weight is 347 g/mol. The molecule has 1 atom stereocenters. The zero-order valence-corrected chi connectivity index (χ0v) is 15.2. The highest BCUT2D eigenvalue weighted by atomic mass is 16.3. The summed E-state index contributed by atoms with van der Waals surface area (Å²) in [6, 6.07) is 16.2. The minimum Gasteiger partial charge on any atom is -0.508 e. The molecule has 0 radical (unpaired) electrons. The molecule has 1 aliphatic rings. The molecule has 0 bridgehead atoms. The van der Waals surface area contributed by atoms with Gasteiger partial charge in [-0.15, -0.1) is 0 Å². The second-order valence-electron chi connectivity index (χ2n) is 7.27. The molecule has 1 saturated heterocycles. The van der Waals surface area contributed by atoms with Gasteiger partial charge in [0.15, 0.2) is 0 Å². The average Bonchev–Trinajstić information content (AvgIpc) is 3.14. The van der Waals surface area contributed by atoms with Gasteiger partial charge in [-0.2, -0.15) is 5.10 Å². The Morgan fingerprint density at radius 2 is 2.08 bits per heavy atom. The van der Waals surface area contributed by atoms with Crippen LogP contribution in [0.1, 0.15) is 35.6 Å². The number of likely N-dealkylation sites (tertiary alicyclic amines) is 1. The predicted molar refractivity (Wildman–Crippen MR) is 104 cm³/mol. The first-order valence-corrected chi connectivity index (χ1v) is 9.30. The summed E-state index contributed by atoms with van der Waals surface area (Å²) in [7, 11) is 0. The molecule has 1 aromatic heterocycles. The second kappa shape index (κ2) is 7.34. The molecule has 0 aliphatic carbocycles. The van der Waals surface area contributed by atoms with Crippen molar-refractivity contribution < 1.29 is 5.11 Å². The number of nitrogens with zero attached hydrogens (tertiary/aromatic N) is 2.